The van der Waals surface area contributed by atoms with Gasteiger partial charge in [0.05, 0.1) is 16.0 Å². The zero-order valence-corrected chi connectivity index (χ0v) is 15.7. The summed E-state index contributed by atoms with van der Waals surface area (Å²) < 4.78 is 11.5. The van der Waals surface area contributed by atoms with Crippen molar-refractivity contribution in [2.24, 2.45) is 0 Å². The standard InChI is InChI=1S/C23H15ClO4/c1-14-11-12-19-17(13-14)20(25)22(28-23(26)15-7-3-2-4-8-15)21(27-19)16-9-5-6-10-18(16)24/h2-13H,1H3. The van der Waals surface area contributed by atoms with Crippen LogP contribution in [-0.2, 0) is 0 Å². The Hall–Kier alpha value is -3.37. The number of rotatable bonds is 3. The third kappa shape index (κ3) is 3.30. The molecule has 5 heteroatoms. The molecule has 0 aliphatic rings. The Kier molecular flexibility index (Phi) is 4.72. The van der Waals surface area contributed by atoms with Crippen LogP contribution < -0.4 is 10.2 Å². The molecule has 0 aliphatic heterocycles. The van der Waals surface area contributed by atoms with E-state index in [0.717, 1.165) is 5.56 Å². The molecule has 0 atom stereocenters. The van der Waals surface area contributed by atoms with Gasteiger partial charge in [-0.2, -0.15) is 0 Å². The third-order valence-corrected chi connectivity index (χ3v) is 4.66. The maximum absolute atomic E-state index is 13.2. The predicted molar refractivity (Wildman–Crippen MR) is 109 cm³/mol. The van der Waals surface area contributed by atoms with Gasteiger partial charge in [0.1, 0.15) is 5.58 Å². The van der Waals surface area contributed by atoms with Gasteiger partial charge in [-0.15, -0.1) is 0 Å². The highest BCUT2D eigenvalue weighted by Gasteiger charge is 2.22. The Bertz CT molecular complexity index is 1240. The summed E-state index contributed by atoms with van der Waals surface area (Å²) in [5.74, 6) is -0.704. The molecule has 0 spiro atoms. The van der Waals surface area contributed by atoms with Crippen LogP contribution in [0.5, 0.6) is 5.75 Å². The second kappa shape index (κ2) is 7.33. The first kappa shape index (κ1) is 18.0. The molecule has 0 fully saturated rings. The van der Waals surface area contributed by atoms with Gasteiger partial charge in [0.2, 0.25) is 11.2 Å². The van der Waals surface area contributed by atoms with E-state index in [4.69, 9.17) is 20.8 Å². The molecule has 3 aromatic carbocycles. The van der Waals surface area contributed by atoms with Crippen LogP contribution in [0.2, 0.25) is 5.02 Å². The van der Waals surface area contributed by atoms with E-state index in [-0.39, 0.29) is 11.5 Å². The van der Waals surface area contributed by atoms with Crippen LogP contribution in [0.15, 0.2) is 82.0 Å². The molecule has 0 N–H and O–H groups in total. The van der Waals surface area contributed by atoms with E-state index < -0.39 is 11.4 Å². The minimum absolute atomic E-state index is 0.122. The highest BCUT2D eigenvalue weighted by atomic mass is 35.5. The van der Waals surface area contributed by atoms with Crippen LogP contribution in [0.4, 0.5) is 0 Å². The van der Waals surface area contributed by atoms with E-state index in [0.29, 0.717) is 27.1 Å². The number of benzene rings is 3. The lowest BCUT2D eigenvalue weighted by Crippen LogP contribution is -2.16. The van der Waals surface area contributed by atoms with Gasteiger partial charge >= 0.3 is 5.97 Å². The predicted octanol–water partition coefficient (Wildman–Crippen LogP) is 5.64. The molecule has 0 amide bonds. The third-order valence-electron chi connectivity index (χ3n) is 4.33. The fraction of sp³-hybridized carbons (Fsp3) is 0.0435. The van der Waals surface area contributed by atoms with Crippen LogP contribution in [-0.4, -0.2) is 5.97 Å². The van der Waals surface area contributed by atoms with Crippen molar-refractivity contribution in [2.75, 3.05) is 0 Å². The van der Waals surface area contributed by atoms with Gasteiger partial charge in [-0.1, -0.05) is 53.6 Å². The number of carbonyl (C=O) groups is 1. The topological polar surface area (TPSA) is 56.5 Å². The second-order valence-electron chi connectivity index (χ2n) is 6.32. The van der Waals surface area contributed by atoms with Gasteiger partial charge in [0.15, 0.2) is 5.76 Å². The Labute approximate surface area is 166 Å². The molecule has 28 heavy (non-hydrogen) atoms. The number of carbonyl (C=O) groups excluding carboxylic acids is 1. The van der Waals surface area contributed by atoms with Crippen molar-refractivity contribution in [1.82, 2.24) is 0 Å². The number of aryl methyl sites for hydroxylation is 1. The first-order valence-electron chi connectivity index (χ1n) is 8.64. The Morgan fingerprint density at radius 3 is 2.43 bits per heavy atom. The molecular formula is C23H15ClO4. The van der Waals surface area contributed by atoms with Crippen molar-refractivity contribution < 1.29 is 13.9 Å². The van der Waals surface area contributed by atoms with Crippen LogP contribution >= 0.6 is 11.6 Å². The van der Waals surface area contributed by atoms with Crippen molar-refractivity contribution in [3.8, 4) is 17.1 Å². The fourth-order valence-corrected chi connectivity index (χ4v) is 3.15. The molecule has 1 heterocycles. The summed E-state index contributed by atoms with van der Waals surface area (Å²) >= 11 is 6.31. The molecule has 4 rings (SSSR count). The SMILES string of the molecule is Cc1ccc2oc(-c3ccccc3Cl)c(OC(=O)c3ccccc3)c(=O)c2c1. The van der Waals surface area contributed by atoms with E-state index >= 15 is 0 Å². The van der Waals surface area contributed by atoms with Gasteiger partial charge in [-0.3, -0.25) is 4.79 Å². The van der Waals surface area contributed by atoms with Gasteiger partial charge in [0.25, 0.3) is 0 Å². The molecule has 0 radical (unpaired) electrons. The van der Waals surface area contributed by atoms with Gasteiger partial charge in [0, 0.05) is 5.56 Å². The van der Waals surface area contributed by atoms with Crippen LogP contribution in [0.1, 0.15) is 15.9 Å². The van der Waals surface area contributed by atoms with Crippen molar-refractivity contribution in [2.45, 2.75) is 6.92 Å². The monoisotopic (exact) mass is 390 g/mol. The molecule has 4 nitrogen and oxygen atoms in total. The summed E-state index contributed by atoms with van der Waals surface area (Å²) in [4.78, 5) is 25.8. The maximum atomic E-state index is 13.2. The lowest BCUT2D eigenvalue weighted by molar-refractivity contribution is 0.0731. The zero-order valence-electron chi connectivity index (χ0n) is 14.9. The minimum atomic E-state index is -0.645. The number of halogens is 1. The smallest absolute Gasteiger partial charge is 0.343 e. The summed E-state index contributed by atoms with van der Waals surface area (Å²) in [6.07, 6.45) is 0. The quantitative estimate of drug-likeness (QED) is 0.425. The van der Waals surface area contributed by atoms with Crippen molar-refractivity contribution >= 4 is 28.5 Å². The average molecular weight is 391 g/mol. The summed E-state index contributed by atoms with van der Waals surface area (Å²) in [5, 5.41) is 0.723. The Morgan fingerprint density at radius 1 is 0.964 bits per heavy atom. The highest BCUT2D eigenvalue weighted by Crippen LogP contribution is 2.35. The molecule has 4 aromatic rings. The van der Waals surface area contributed by atoms with Crippen molar-refractivity contribution in [1.29, 1.82) is 0 Å². The van der Waals surface area contributed by atoms with E-state index in [1.807, 2.05) is 13.0 Å². The summed E-state index contributed by atoms with van der Waals surface area (Å²) in [7, 11) is 0. The normalized spacial score (nSPS) is 10.8. The molecule has 0 aliphatic carbocycles. The maximum Gasteiger partial charge on any atom is 0.343 e. The molecule has 138 valence electrons. The van der Waals surface area contributed by atoms with Crippen molar-refractivity contribution in [3.63, 3.8) is 0 Å². The first-order chi connectivity index (χ1) is 13.5. The largest absolute Gasteiger partial charge is 0.452 e. The first-order valence-corrected chi connectivity index (χ1v) is 9.02. The number of hydrogen-bond acceptors (Lipinski definition) is 4. The lowest BCUT2D eigenvalue weighted by Gasteiger charge is -2.12. The molecular weight excluding hydrogens is 376 g/mol. The van der Waals surface area contributed by atoms with Crippen LogP contribution in [0.25, 0.3) is 22.3 Å². The van der Waals surface area contributed by atoms with E-state index in [9.17, 15) is 9.59 Å². The zero-order chi connectivity index (χ0) is 19.7. The second-order valence-corrected chi connectivity index (χ2v) is 6.73. The van der Waals surface area contributed by atoms with Crippen LogP contribution in [0.3, 0.4) is 0 Å². The molecule has 0 unspecified atom stereocenters. The Morgan fingerprint density at radius 2 is 1.68 bits per heavy atom. The molecule has 0 saturated heterocycles. The summed E-state index contributed by atoms with van der Waals surface area (Å²) in [6.45, 7) is 1.87. The summed E-state index contributed by atoms with van der Waals surface area (Å²) in [5.41, 5.74) is 1.66. The fourth-order valence-electron chi connectivity index (χ4n) is 2.93. The van der Waals surface area contributed by atoms with E-state index in [1.54, 1.807) is 66.7 Å². The number of hydrogen-bond donors (Lipinski definition) is 0. The Balaban J connectivity index is 1.95. The van der Waals surface area contributed by atoms with Gasteiger partial charge in [-0.25, -0.2) is 4.79 Å². The lowest BCUT2D eigenvalue weighted by atomic mass is 10.1. The average Bonchev–Trinajstić information content (AvgIpc) is 2.71. The molecule has 0 bridgehead atoms. The van der Waals surface area contributed by atoms with Crippen molar-refractivity contribution in [3.05, 3.63) is 99.2 Å². The van der Waals surface area contributed by atoms with Gasteiger partial charge in [-0.05, 0) is 43.3 Å². The molecule has 0 saturated carbocycles. The number of esters is 1. The minimum Gasteiger partial charge on any atom is -0.452 e. The van der Waals surface area contributed by atoms with Crippen LogP contribution in [0, 0.1) is 6.92 Å². The summed E-state index contributed by atoms with van der Waals surface area (Å²) in [6, 6.07) is 20.7. The molecule has 1 aromatic heterocycles. The van der Waals surface area contributed by atoms with E-state index in [2.05, 4.69) is 0 Å². The highest BCUT2D eigenvalue weighted by molar-refractivity contribution is 6.33. The van der Waals surface area contributed by atoms with E-state index in [1.165, 1.54) is 0 Å². The number of ether oxygens (including phenoxy) is 1. The van der Waals surface area contributed by atoms with Gasteiger partial charge < -0.3 is 9.15 Å². The number of fused-ring (bicyclic) bond motifs is 1.